The second-order valence-electron chi connectivity index (χ2n) is 15.2. The number of carboxylic acids is 3. The van der Waals surface area contributed by atoms with Gasteiger partial charge in [-0.05, 0) is 44.3 Å². The fourth-order valence-electron chi connectivity index (χ4n) is 7.00. The predicted molar refractivity (Wildman–Crippen MR) is 218 cm³/mol. The molecule has 0 radical (unpaired) electrons. The summed E-state index contributed by atoms with van der Waals surface area (Å²) in [6, 6.07) is 0. The van der Waals surface area contributed by atoms with Gasteiger partial charge >= 0.3 is 17.9 Å². The Labute approximate surface area is 319 Å². The summed E-state index contributed by atoms with van der Waals surface area (Å²) in [5.74, 6) is -2.72. The molecule has 0 spiro atoms. The van der Waals surface area contributed by atoms with E-state index >= 15 is 0 Å². The molecule has 1 aliphatic rings. The van der Waals surface area contributed by atoms with E-state index in [1.54, 1.807) is 0 Å². The minimum absolute atomic E-state index is 0.0617. The largest absolute Gasteiger partial charge is 0.481 e. The molecular weight excluding hydrogens is 650 g/mol. The number of rotatable bonds is 37. The second-order valence-corrected chi connectivity index (χ2v) is 15.2. The van der Waals surface area contributed by atoms with Crippen molar-refractivity contribution < 1.29 is 29.7 Å². The quantitative estimate of drug-likeness (QED) is 0.0469. The number of carboxylic acid groups (broad SMARTS) is 3. The van der Waals surface area contributed by atoms with E-state index < -0.39 is 17.9 Å². The highest BCUT2D eigenvalue weighted by atomic mass is 16.4. The van der Waals surface area contributed by atoms with Crippen molar-refractivity contribution in [2.24, 2.45) is 11.8 Å². The third-order valence-corrected chi connectivity index (χ3v) is 10.4. The molecule has 0 fully saturated rings. The van der Waals surface area contributed by atoms with Crippen LogP contribution in [0.25, 0.3) is 0 Å². The van der Waals surface area contributed by atoms with Crippen LogP contribution >= 0.6 is 0 Å². The molecule has 0 aromatic heterocycles. The first kappa shape index (κ1) is 49.4. The Hall–Kier alpha value is -2.57. The summed E-state index contributed by atoms with van der Waals surface area (Å²) in [6.45, 7) is 2.23. The number of unbranched alkanes of at least 4 members (excludes halogenated alkanes) is 25. The Balaban J connectivity index is 0.00000329. The maximum absolute atomic E-state index is 11.5. The molecule has 302 valence electrons. The van der Waals surface area contributed by atoms with Crippen LogP contribution < -0.4 is 5.32 Å². The molecule has 0 aromatic rings. The lowest BCUT2D eigenvalue weighted by molar-refractivity contribution is -0.143. The third kappa shape index (κ3) is 37.2. The van der Waals surface area contributed by atoms with E-state index in [1.807, 2.05) is 36.7 Å². The smallest absolute Gasteiger partial charge is 0.306 e. The lowest BCUT2D eigenvalue weighted by atomic mass is 9.94. The summed E-state index contributed by atoms with van der Waals surface area (Å²) in [7, 11) is 0. The van der Waals surface area contributed by atoms with Crippen molar-refractivity contribution in [3.05, 3.63) is 36.7 Å². The Morgan fingerprint density at radius 3 is 0.942 bits per heavy atom. The van der Waals surface area contributed by atoms with Crippen LogP contribution in [0, 0.1) is 11.8 Å². The van der Waals surface area contributed by atoms with Gasteiger partial charge in [0.05, 0.1) is 11.8 Å². The number of hydrogen-bond acceptors (Lipinski definition) is 4. The number of aliphatic carboxylic acids is 3. The van der Waals surface area contributed by atoms with Gasteiger partial charge in [0.2, 0.25) is 0 Å². The van der Waals surface area contributed by atoms with Gasteiger partial charge in [0, 0.05) is 18.8 Å². The van der Waals surface area contributed by atoms with Crippen LogP contribution in [0.15, 0.2) is 36.7 Å². The summed E-state index contributed by atoms with van der Waals surface area (Å²) in [5.41, 5.74) is 0. The van der Waals surface area contributed by atoms with Gasteiger partial charge in [-0.3, -0.25) is 14.4 Å². The Morgan fingerprint density at radius 2 is 0.673 bits per heavy atom. The van der Waals surface area contributed by atoms with E-state index in [2.05, 4.69) is 12.2 Å². The van der Waals surface area contributed by atoms with Crippen LogP contribution in [0.5, 0.6) is 0 Å². The standard InChI is InChI=1S/C39H74O6.C6H7N/c1-2-3-4-5-23-26-30-35(38(42)43)31-27-24-21-19-17-15-13-11-9-7-6-8-10-12-14-16-18-20-22-25-28-32-36(39(44)45)33-29-34-37(40)41;1-2-4-6-7-5-3-1/h35-36H,2-34H2,1H3,(H,40,41)(H,42,43)(H,44,45);1-7H. The Morgan fingerprint density at radius 1 is 0.404 bits per heavy atom. The first-order valence-electron chi connectivity index (χ1n) is 21.8. The molecule has 0 bridgehead atoms. The zero-order chi connectivity index (χ0) is 38.2. The van der Waals surface area contributed by atoms with E-state index in [1.165, 1.54) is 148 Å². The Bertz CT molecular complexity index is 899. The maximum Gasteiger partial charge on any atom is 0.306 e. The van der Waals surface area contributed by atoms with Gasteiger partial charge in [-0.15, -0.1) is 0 Å². The van der Waals surface area contributed by atoms with Crippen LogP contribution in [-0.4, -0.2) is 33.2 Å². The van der Waals surface area contributed by atoms with Crippen LogP contribution in [0.2, 0.25) is 0 Å². The zero-order valence-electron chi connectivity index (χ0n) is 33.5. The second kappa shape index (κ2) is 39.6. The molecule has 0 amide bonds. The average Bonchev–Trinajstić information content (AvgIpc) is 3.45. The van der Waals surface area contributed by atoms with E-state index in [9.17, 15) is 24.6 Å². The SMILES string of the molecule is C1=CC=CNC=C1.CCCCCCCCC(CCCCCCCCCCCCCCCCCCCCCCCC(CCCC(=O)O)C(=O)O)C(=O)O. The van der Waals surface area contributed by atoms with Crippen LogP contribution in [0.1, 0.15) is 219 Å². The van der Waals surface area contributed by atoms with Gasteiger partial charge in [0.1, 0.15) is 0 Å². The number of carbonyl (C=O) groups is 3. The lowest BCUT2D eigenvalue weighted by Gasteiger charge is -2.12. The van der Waals surface area contributed by atoms with Crippen LogP contribution in [-0.2, 0) is 14.4 Å². The first-order chi connectivity index (χ1) is 25.4. The lowest BCUT2D eigenvalue weighted by Crippen LogP contribution is -2.14. The zero-order valence-corrected chi connectivity index (χ0v) is 33.5. The monoisotopic (exact) mass is 732 g/mol. The Kier molecular flexibility index (Phi) is 37.7. The maximum atomic E-state index is 11.5. The topological polar surface area (TPSA) is 124 Å². The van der Waals surface area contributed by atoms with Crippen molar-refractivity contribution in [3.8, 4) is 0 Å². The summed E-state index contributed by atoms with van der Waals surface area (Å²) >= 11 is 0. The highest BCUT2D eigenvalue weighted by Gasteiger charge is 2.17. The van der Waals surface area contributed by atoms with Crippen LogP contribution in [0.3, 0.4) is 0 Å². The molecule has 2 atom stereocenters. The number of hydrogen-bond donors (Lipinski definition) is 4. The highest BCUT2D eigenvalue weighted by Crippen LogP contribution is 2.21. The molecule has 0 aromatic carbocycles. The minimum Gasteiger partial charge on any atom is -0.481 e. The van der Waals surface area contributed by atoms with Crippen molar-refractivity contribution in [1.82, 2.24) is 5.32 Å². The predicted octanol–water partition coefficient (Wildman–Crippen LogP) is 13.5. The summed E-state index contributed by atoms with van der Waals surface area (Å²) in [6.07, 6.45) is 49.2. The first-order valence-corrected chi connectivity index (χ1v) is 21.8. The van der Waals surface area contributed by atoms with Crippen molar-refractivity contribution in [3.63, 3.8) is 0 Å². The fourth-order valence-corrected chi connectivity index (χ4v) is 7.00. The van der Waals surface area contributed by atoms with Gasteiger partial charge in [-0.25, -0.2) is 0 Å². The highest BCUT2D eigenvalue weighted by molar-refractivity contribution is 5.70. The third-order valence-electron chi connectivity index (χ3n) is 10.4. The van der Waals surface area contributed by atoms with Crippen molar-refractivity contribution in [1.29, 1.82) is 0 Å². The molecule has 1 rings (SSSR count). The summed E-state index contributed by atoms with van der Waals surface area (Å²) in [5, 5.41) is 30.5. The van der Waals surface area contributed by atoms with E-state index in [4.69, 9.17) is 5.11 Å². The van der Waals surface area contributed by atoms with Gasteiger partial charge in [-0.1, -0.05) is 192 Å². The molecular formula is C45H81NO6. The number of nitrogens with one attached hydrogen (secondary N) is 1. The molecule has 1 heterocycles. The molecule has 0 saturated heterocycles. The van der Waals surface area contributed by atoms with Gasteiger partial charge in [-0.2, -0.15) is 0 Å². The van der Waals surface area contributed by atoms with Crippen molar-refractivity contribution in [2.75, 3.05) is 0 Å². The molecule has 1 aliphatic heterocycles. The average molecular weight is 732 g/mol. The van der Waals surface area contributed by atoms with Crippen molar-refractivity contribution in [2.45, 2.75) is 219 Å². The van der Waals surface area contributed by atoms with E-state index in [0.717, 1.165) is 38.5 Å². The minimum atomic E-state index is -0.848. The molecule has 4 N–H and O–H groups in total. The molecule has 7 heteroatoms. The molecule has 0 saturated carbocycles. The molecule has 52 heavy (non-hydrogen) atoms. The normalized spacial score (nSPS) is 13.2. The summed E-state index contributed by atoms with van der Waals surface area (Å²) in [4.78, 5) is 33.5. The van der Waals surface area contributed by atoms with Gasteiger partial charge < -0.3 is 20.6 Å². The van der Waals surface area contributed by atoms with E-state index in [0.29, 0.717) is 19.3 Å². The number of allylic oxidation sites excluding steroid dienone is 4. The molecule has 7 nitrogen and oxygen atoms in total. The van der Waals surface area contributed by atoms with Crippen LogP contribution in [0.4, 0.5) is 0 Å². The van der Waals surface area contributed by atoms with Gasteiger partial charge in [0.15, 0.2) is 0 Å². The van der Waals surface area contributed by atoms with Gasteiger partial charge in [0.25, 0.3) is 0 Å². The van der Waals surface area contributed by atoms with E-state index in [-0.39, 0.29) is 18.3 Å². The molecule has 0 aliphatic carbocycles. The summed E-state index contributed by atoms with van der Waals surface area (Å²) < 4.78 is 0. The van der Waals surface area contributed by atoms with Crippen molar-refractivity contribution >= 4 is 17.9 Å². The molecule has 2 unspecified atom stereocenters. The fraction of sp³-hybridized carbons (Fsp3) is 0.800.